The third-order valence-corrected chi connectivity index (χ3v) is 4.60. The van der Waals surface area contributed by atoms with Gasteiger partial charge in [0.25, 0.3) is 0 Å². The molecule has 3 aromatic rings. The molecule has 1 aliphatic rings. The van der Waals surface area contributed by atoms with E-state index in [0.29, 0.717) is 0 Å². The van der Waals surface area contributed by atoms with E-state index in [1.165, 1.54) is 24.1 Å². The maximum atomic E-state index is 5.95. The number of hydrogen-bond acceptors (Lipinski definition) is 2. The Balaban J connectivity index is 1.85. The normalized spacial score (nSPS) is 14.3. The molecule has 0 saturated carbocycles. The van der Waals surface area contributed by atoms with Crippen molar-refractivity contribution in [3.05, 3.63) is 70.4 Å². The molecule has 0 N–H and O–H groups in total. The molecule has 0 fully saturated rings. The number of benzene rings is 2. The van der Waals surface area contributed by atoms with Crippen molar-refractivity contribution in [2.75, 3.05) is 0 Å². The van der Waals surface area contributed by atoms with Gasteiger partial charge in [-0.15, -0.1) is 0 Å². The van der Waals surface area contributed by atoms with Crippen molar-refractivity contribution in [3.63, 3.8) is 0 Å². The summed E-state index contributed by atoms with van der Waals surface area (Å²) >= 11 is 5.95. The van der Waals surface area contributed by atoms with Crippen molar-refractivity contribution in [1.82, 2.24) is 4.98 Å². The number of aromatic nitrogens is 1. The Morgan fingerprint density at radius 2 is 1.74 bits per heavy atom. The Labute approximate surface area is 140 Å². The van der Waals surface area contributed by atoms with Crippen LogP contribution in [-0.4, -0.2) is 11.2 Å². The first-order valence-electron chi connectivity index (χ1n) is 8.01. The molecule has 0 spiro atoms. The molecule has 0 atom stereocenters. The third-order valence-electron chi connectivity index (χ3n) is 4.35. The SMILES string of the molecule is Clc1ccc(C=Nc2c3c(nc4ccccc24)CCCC3)cc1. The maximum absolute atomic E-state index is 5.95. The van der Waals surface area contributed by atoms with Gasteiger partial charge in [-0.1, -0.05) is 41.9 Å². The molecular weight excluding hydrogens is 304 g/mol. The van der Waals surface area contributed by atoms with Crippen molar-refractivity contribution in [1.29, 1.82) is 0 Å². The van der Waals surface area contributed by atoms with E-state index < -0.39 is 0 Å². The zero-order valence-corrected chi connectivity index (χ0v) is 13.6. The van der Waals surface area contributed by atoms with E-state index in [4.69, 9.17) is 21.6 Å². The second-order valence-corrected chi connectivity index (χ2v) is 6.36. The van der Waals surface area contributed by atoms with Gasteiger partial charge in [-0.05, 0) is 55.0 Å². The first-order valence-corrected chi connectivity index (χ1v) is 8.39. The molecular formula is C20H17ClN2. The van der Waals surface area contributed by atoms with Crippen LogP contribution >= 0.6 is 11.6 Å². The molecule has 0 radical (unpaired) electrons. The number of halogens is 1. The number of aliphatic imine (C=N–C) groups is 1. The van der Waals surface area contributed by atoms with Crippen LogP contribution in [0.25, 0.3) is 10.9 Å². The molecule has 0 bridgehead atoms. The standard InChI is InChI=1S/C20H17ClN2/c21-15-11-9-14(10-12-15)13-22-20-16-5-1-3-7-18(16)23-19-8-4-2-6-17(19)20/h1,3,5,7,9-13H,2,4,6,8H2. The summed E-state index contributed by atoms with van der Waals surface area (Å²) in [5, 5.41) is 1.88. The second-order valence-electron chi connectivity index (χ2n) is 5.92. The average molecular weight is 321 g/mol. The molecule has 2 aromatic carbocycles. The number of rotatable bonds is 2. The number of fused-ring (bicyclic) bond motifs is 2. The largest absolute Gasteiger partial charge is 0.255 e. The highest BCUT2D eigenvalue weighted by atomic mass is 35.5. The monoisotopic (exact) mass is 320 g/mol. The van der Waals surface area contributed by atoms with Crippen LogP contribution in [0.5, 0.6) is 0 Å². The predicted octanol–water partition coefficient (Wildman–Crippen LogP) is 5.52. The lowest BCUT2D eigenvalue weighted by atomic mass is 9.93. The first-order chi connectivity index (χ1) is 11.3. The van der Waals surface area contributed by atoms with E-state index in [1.54, 1.807) is 0 Å². The fraction of sp³-hybridized carbons (Fsp3) is 0.200. The third kappa shape index (κ3) is 2.87. The highest BCUT2D eigenvalue weighted by molar-refractivity contribution is 6.30. The van der Waals surface area contributed by atoms with Crippen LogP contribution in [0.4, 0.5) is 5.69 Å². The molecule has 4 rings (SSSR count). The van der Waals surface area contributed by atoms with E-state index in [1.807, 2.05) is 36.5 Å². The van der Waals surface area contributed by atoms with Crippen LogP contribution < -0.4 is 0 Å². The summed E-state index contributed by atoms with van der Waals surface area (Å²) in [6.07, 6.45) is 6.49. The van der Waals surface area contributed by atoms with Crippen molar-refractivity contribution >= 4 is 34.4 Å². The zero-order valence-electron chi connectivity index (χ0n) is 12.8. The lowest BCUT2D eigenvalue weighted by Gasteiger charge is -2.18. The molecule has 1 aromatic heterocycles. The van der Waals surface area contributed by atoms with E-state index in [-0.39, 0.29) is 0 Å². The molecule has 114 valence electrons. The Morgan fingerprint density at radius 1 is 0.957 bits per heavy atom. The van der Waals surface area contributed by atoms with Gasteiger partial charge in [0.2, 0.25) is 0 Å². The van der Waals surface area contributed by atoms with Crippen LogP contribution in [0.1, 0.15) is 29.7 Å². The Kier molecular flexibility index (Phi) is 3.84. The molecule has 1 heterocycles. The zero-order chi connectivity index (χ0) is 15.6. The molecule has 3 heteroatoms. The van der Waals surface area contributed by atoms with Gasteiger partial charge in [0.1, 0.15) is 0 Å². The lowest BCUT2D eigenvalue weighted by Crippen LogP contribution is -2.06. The van der Waals surface area contributed by atoms with Crippen molar-refractivity contribution in [3.8, 4) is 0 Å². The van der Waals surface area contributed by atoms with E-state index in [0.717, 1.165) is 40.0 Å². The fourth-order valence-electron chi connectivity index (χ4n) is 3.18. The molecule has 0 amide bonds. The van der Waals surface area contributed by atoms with Gasteiger partial charge >= 0.3 is 0 Å². The first kappa shape index (κ1) is 14.4. The van der Waals surface area contributed by atoms with Gasteiger partial charge < -0.3 is 0 Å². The highest BCUT2D eigenvalue weighted by Crippen LogP contribution is 2.35. The fourth-order valence-corrected chi connectivity index (χ4v) is 3.31. The van der Waals surface area contributed by atoms with Crippen molar-refractivity contribution in [2.45, 2.75) is 25.7 Å². The van der Waals surface area contributed by atoms with E-state index in [2.05, 4.69) is 18.2 Å². The predicted molar refractivity (Wildman–Crippen MR) is 97.1 cm³/mol. The average Bonchev–Trinajstić information content (AvgIpc) is 2.60. The van der Waals surface area contributed by atoms with Gasteiger partial charge in [0.05, 0.1) is 11.2 Å². The molecule has 1 aliphatic carbocycles. The van der Waals surface area contributed by atoms with Crippen LogP contribution in [0.3, 0.4) is 0 Å². The summed E-state index contributed by atoms with van der Waals surface area (Å²) in [5.41, 5.74) is 5.72. The van der Waals surface area contributed by atoms with Gasteiger partial charge in [-0.2, -0.15) is 0 Å². The number of hydrogen-bond donors (Lipinski definition) is 0. The summed E-state index contributed by atoms with van der Waals surface area (Å²) in [6, 6.07) is 16.0. The smallest absolute Gasteiger partial charge is 0.0774 e. The molecule has 0 aliphatic heterocycles. The quantitative estimate of drug-likeness (QED) is 0.571. The summed E-state index contributed by atoms with van der Waals surface area (Å²) in [6.45, 7) is 0. The van der Waals surface area contributed by atoms with Gasteiger partial charge in [0, 0.05) is 22.3 Å². The maximum Gasteiger partial charge on any atom is 0.0774 e. The van der Waals surface area contributed by atoms with Crippen LogP contribution in [0, 0.1) is 0 Å². The lowest BCUT2D eigenvalue weighted by molar-refractivity contribution is 0.672. The number of para-hydroxylation sites is 1. The Bertz CT molecular complexity index is 882. The summed E-state index contributed by atoms with van der Waals surface area (Å²) in [7, 11) is 0. The van der Waals surface area contributed by atoms with E-state index in [9.17, 15) is 0 Å². The van der Waals surface area contributed by atoms with E-state index >= 15 is 0 Å². The van der Waals surface area contributed by atoms with Gasteiger partial charge in [0.15, 0.2) is 0 Å². The minimum Gasteiger partial charge on any atom is -0.255 e. The van der Waals surface area contributed by atoms with Crippen LogP contribution in [0.2, 0.25) is 5.02 Å². The summed E-state index contributed by atoms with van der Waals surface area (Å²) < 4.78 is 0. The summed E-state index contributed by atoms with van der Waals surface area (Å²) in [5.74, 6) is 0. The minimum atomic E-state index is 0.744. The Morgan fingerprint density at radius 3 is 2.61 bits per heavy atom. The summed E-state index contributed by atoms with van der Waals surface area (Å²) in [4.78, 5) is 9.69. The van der Waals surface area contributed by atoms with Crippen LogP contribution in [0.15, 0.2) is 53.5 Å². The van der Waals surface area contributed by atoms with Crippen molar-refractivity contribution in [2.24, 2.45) is 4.99 Å². The van der Waals surface area contributed by atoms with Gasteiger partial charge in [-0.3, -0.25) is 9.98 Å². The number of aryl methyl sites for hydroxylation is 1. The molecule has 23 heavy (non-hydrogen) atoms. The molecule has 2 nitrogen and oxygen atoms in total. The topological polar surface area (TPSA) is 25.2 Å². The number of pyridine rings is 1. The van der Waals surface area contributed by atoms with Crippen LogP contribution in [-0.2, 0) is 12.8 Å². The van der Waals surface area contributed by atoms with Gasteiger partial charge in [-0.25, -0.2) is 0 Å². The highest BCUT2D eigenvalue weighted by Gasteiger charge is 2.17. The molecule has 0 unspecified atom stereocenters. The number of nitrogens with zero attached hydrogens (tertiary/aromatic N) is 2. The van der Waals surface area contributed by atoms with Crippen molar-refractivity contribution < 1.29 is 0 Å². The Hall–Kier alpha value is -2.19. The minimum absolute atomic E-state index is 0.744. The second kappa shape index (κ2) is 6.13. The molecule has 0 saturated heterocycles.